The summed E-state index contributed by atoms with van der Waals surface area (Å²) in [5.41, 5.74) is 3.57. The Morgan fingerprint density at radius 2 is 0.872 bits per heavy atom. The molecule has 0 saturated heterocycles. The minimum atomic E-state index is -3.43. The van der Waals surface area contributed by atoms with Crippen LogP contribution in [0.25, 0.3) is 0 Å². The van der Waals surface area contributed by atoms with Gasteiger partial charge >= 0.3 is 290 Å². The Morgan fingerprint density at radius 3 is 1.38 bits per heavy atom. The van der Waals surface area contributed by atoms with Crippen molar-refractivity contribution in [1.82, 2.24) is 0 Å². The number of benzene rings is 7. The second-order valence-corrected chi connectivity index (χ2v) is 25.3. The van der Waals surface area contributed by atoms with Crippen molar-refractivity contribution in [3.63, 3.8) is 0 Å². The molecule has 0 bridgehead atoms. The predicted molar refractivity (Wildman–Crippen MR) is 208 cm³/mol. The van der Waals surface area contributed by atoms with Crippen LogP contribution in [0.3, 0.4) is 0 Å². The monoisotopic (exact) mass is 717 g/mol. The quantitative estimate of drug-likeness (QED) is 0.142. The zero-order valence-electron chi connectivity index (χ0n) is 25.5. The van der Waals surface area contributed by atoms with E-state index in [1.807, 2.05) is 11.8 Å². The Hall–Kier alpha value is -4.12. The van der Waals surface area contributed by atoms with Gasteiger partial charge in [-0.3, -0.25) is 0 Å². The van der Waals surface area contributed by atoms with Crippen molar-refractivity contribution < 1.29 is 0 Å². The number of rotatable bonds is 4. The van der Waals surface area contributed by atoms with Gasteiger partial charge in [0.25, 0.3) is 0 Å². The van der Waals surface area contributed by atoms with Crippen LogP contribution in [0.5, 0.6) is 0 Å². The van der Waals surface area contributed by atoms with Crippen LogP contribution in [0.4, 0.5) is 17.1 Å². The summed E-state index contributed by atoms with van der Waals surface area (Å²) in [7, 11) is 0. The molecule has 2 aliphatic heterocycles. The summed E-state index contributed by atoms with van der Waals surface area (Å²) < 4.78 is 5.81. The maximum atomic E-state index is 7.08. The summed E-state index contributed by atoms with van der Waals surface area (Å²) in [5, 5.41) is 3.93. The summed E-state index contributed by atoms with van der Waals surface area (Å²) in [6.45, 7) is 0. The molecule has 0 fully saturated rings. The third-order valence-corrected chi connectivity index (χ3v) is 26.9. The minimum absolute atomic E-state index is 1.15. The van der Waals surface area contributed by atoms with Gasteiger partial charge < -0.3 is 0 Å². The number of anilines is 3. The second-order valence-electron chi connectivity index (χ2n) is 12.0. The Labute approximate surface area is 288 Å². The van der Waals surface area contributed by atoms with Crippen molar-refractivity contribution in [1.29, 1.82) is 0 Å². The van der Waals surface area contributed by atoms with Crippen LogP contribution in [0.2, 0.25) is 0 Å². The van der Waals surface area contributed by atoms with Crippen LogP contribution in [0.15, 0.2) is 192 Å². The maximum absolute atomic E-state index is 7.08. The van der Waals surface area contributed by atoms with E-state index in [9.17, 15) is 0 Å². The van der Waals surface area contributed by atoms with Gasteiger partial charge in [0.2, 0.25) is 0 Å². The fourth-order valence-electron chi connectivity index (χ4n) is 7.64. The van der Waals surface area contributed by atoms with Gasteiger partial charge in [-0.1, -0.05) is 0 Å². The van der Waals surface area contributed by atoms with E-state index in [2.05, 4.69) is 187 Å². The van der Waals surface area contributed by atoms with E-state index < -0.39 is 19.3 Å². The first-order chi connectivity index (χ1) is 23.2. The van der Waals surface area contributed by atoms with Gasteiger partial charge in [-0.25, -0.2) is 0 Å². The molecule has 0 aliphatic carbocycles. The molecule has 0 radical (unpaired) electrons. The first kappa shape index (κ1) is 29.1. The van der Waals surface area contributed by atoms with Crippen LogP contribution in [-0.2, 0) is 11.8 Å². The first-order valence-corrected chi connectivity index (χ1v) is 23.7. The average Bonchev–Trinajstić information content (AvgIpc) is 3.15. The van der Waals surface area contributed by atoms with E-state index in [1.54, 1.807) is 0 Å². The molecular formula is C42H30GeNPS2. The molecule has 9 rings (SSSR count). The van der Waals surface area contributed by atoms with Crippen molar-refractivity contribution in [2.45, 2.75) is 9.79 Å². The Kier molecular flexibility index (Phi) is 7.13. The molecule has 2 aliphatic rings. The Bertz CT molecular complexity index is 2180. The van der Waals surface area contributed by atoms with Crippen LogP contribution in [0.1, 0.15) is 0 Å². The molecule has 2 heterocycles. The molecule has 0 unspecified atom stereocenters. The number of hydrogen-bond acceptors (Lipinski definition) is 3. The van der Waals surface area contributed by atoms with Gasteiger partial charge in [-0.2, -0.15) is 0 Å². The van der Waals surface area contributed by atoms with Gasteiger partial charge in [0.1, 0.15) is 0 Å². The van der Waals surface area contributed by atoms with E-state index >= 15 is 0 Å². The SMILES string of the molecule is S=P1(c2ccc(N3c4ccccc4Sc4ccccc43)cc2)c2cccc[c]2[Ge]([c]2ccccc2)([c]2ccccc2)[c]2ccccc21. The fraction of sp³-hybridized carbons (Fsp3) is 0. The summed E-state index contributed by atoms with van der Waals surface area (Å²) in [4.78, 5) is 4.93. The standard InChI is InChI=1S/C42H30GeNPS2/c46-45(34-29-27-33(28-30-34)44-37-21-9-13-25-41(37)47-42-26-14-10-22-38(42)44)39-23-11-7-19-35(39)43(31-15-3-1-4-16-31,32-17-5-2-6-18-32)36-20-8-12-24-40(36)45/h1-30H. The zero-order chi connectivity index (χ0) is 31.4. The van der Waals surface area contributed by atoms with E-state index in [0.29, 0.717) is 0 Å². The molecule has 1 nitrogen and oxygen atoms in total. The topological polar surface area (TPSA) is 3.24 Å². The summed E-state index contributed by atoms with van der Waals surface area (Å²) in [6, 6.07) is 65.1. The number of fused-ring (bicyclic) bond motifs is 4. The van der Waals surface area contributed by atoms with Crippen molar-refractivity contribution in [3.8, 4) is 0 Å². The van der Waals surface area contributed by atoms with Gasteiger partial charge in [-0.15, -0.1) is 0 Å². The summed E-state index contributed by atoms with van der Waals surface area (Å²) in [5.74, 6) is 0. The summed E-state index contributed by atoms with van der Waals surface area (Å²) in [6.07, 6.45) is 0. The van der Waals surface area contributed by atoms with E-state index in [4.69, 9.17) is 11.8 Å². The molecule has 224 valence electrons. The molecular weight excluding hydrogens is 686 g/mol. The van der Waals surface area contributed by atoms with Crippen LogP contribution in [-0.4, -0.2) is 13.3 Å². The summed E-state index contributed by atoms with van der Waals surface area (Å²) >= 11 is 5.50. The average molecular weight is 716 g/mol. The van der Waals surface area contributed by atoms with Crippen molar-refractivity contribution in [3.05, 3.63) is 182 Å². The Morgan fingerprint density at radius 1 is 0.447 bits per heavy atom. The van der Waals surface area contributed by atoms with Crippen LogP contribution in [0, 0.1) is 0 Å². The Balaban J connectivity index is 1.27. The fourth-order valence-corrected chi connectivity index (χ4v) is 27.9. The van der Waals surface area contributed by atoms with Gasteiger partial charge in [0, 0.05) is 0 Å². The van der Waals surface area contributed by atoms with Gasteiger partial charge in [0.05, 0.1) is 0 Å². The van der Waals surface area contributed by atoms with Crippen molar-refractivity contribution in [2.24, 2.45) is 0 Å². The molecule has 0 amide bonds. The number of nitrogens with zero attached hydrogens (tertiary/aromatic N) is 1. The van der Waals surface area contributed by atoms with E-state index in [1.165, 1.54) is 54.7 Å². The normalized spacial score (nSPS) is 15.1. The molecule has 0 saturated carbocycles. The van der Waals surface area contributed by atoms with Crippen molar-refractivity contribution in [2.75, 3.05) is 4.90 Å². The molecule has 47 heavy (non-hydrogen) atoms. The van der Waals surface area contributed by atoms with E-state index in [-0.39, 0.29) is 0 Å². The van der Waals surface area contributed by atoms with Gasteiger partial charge in [-0.05, 0) is 0 Å². The van der Waals surface area contributed by atoms with Crippen molar-refractivity contribution >= 4 is 93.4 Å². The van der Waals surface area contributed by atoms with E-state index in [0.717, 1.165) is 5.69 Å². The first-order valence-electron chi connectivity index (χ1n) is 15.9. The predicted octanol–water partition coefficient (Wildman–Crippen LogP) is 7.07. The number of hydrogen-bond donors (Lipinski definition) is 0. The molecule has 0 aromatic heterocycles. The second kappa shape index (κ2) is 11.5. The van der Waals surface area contributed by atoms with Crippen LogP contribution < -0.4 is 38.4 Å². The molecule has 0 spiro atoms. The third kappa shape index (κ3) is 4.34. The number of para-hydroxylation sites is 2. The molecule has 5 heteroatoms. The van der Waals surface area contributed by atoms with Crippen LogP contribution >= 0.6 is 17.8 Å². The molecule has 0 atom stereocenters. The molecule has 7 aromatic carbocycles. The van der Waals surface area contributed by atoms with Gasteiger partial charge in [0.15, 0.2) is 0 Å². The molecule has 7 aromatic rings. The third-order valence-electron chi connectivity index (χ3n) is 9.61. The zero-order valence-corrected chi connectivity index (χ0v) is 30.2. The molecule has 0 N–H and O–H groups in total.